The molecule has 0 atom stereocenters. The van der Waals surface area contributed by atoms with Crippen LogP contribution >= 0.6 is 11.3 Å². The number of hydrogen-bond acceptors (Lipinski definition) is 4. The molecule has 0 saturated heterocycles. The number of carbonyl (C=O) groups excluding carboxylic acids is 1. The number of allylic oxidation sites excluding steroid dienone is 3. The molecule has 0 aromatic carbocycles. The smallest absolute Gasteiger partial charge is 0.197 e. The molecule has 0 bridgehead atoms. The summed E-state index contributed by atoms with van der Waals surface area (Å²) in [5.41, 5.74) is 0.179. The quantitative estimate of drug-likeness (QED) is 0.508. The Kier molecular flexibility index (Phi) is 2.19. The van der Waals surface area contributed by atoms with E-state index in [0.29, 0.717) is 5.56 Å². The number of rotatable bonds is 0. The van der Waals surface area contributed by atoms with Crippen molar-refractivity contribution in [3.8, 4) is 12.1 Å². The van der Waals surface area contributed by atoms with E-state index in [1.54, 1.807) is 12.1 Å². The van der Waals surface area contributed by atoms with E-state index in [2.05, 4.69) is 6.58 Å². The molecule has 1 heterocycles. The molecule has 3 nitrogen and oxygen atoms in total. The van der Waals surface area contributed by atoms with Gasteiger partial charge in [0.15, 0.2) is 10.9 Å². The van der Waals surface area contributed by atoms with Crippen molar-refractivity contribution in [1.82, 2.24) is 0 Å². The molecular weight excluding hydrogens is 227 g/mol. The van der Waals surface area contributed by atoms with Gasteiger partial charge in [-0.25, -0.2) is 0 Å². The number of fused-ring (bicyclic) bond motifs is 1. The van der Waals surface area contributed by atoms with Crippen molar-refractivity contribution in [3.63, 3.8) is 0 Å². The molecule has 0 aliphatic heterocycles. The maximum Gasteiger partial charge on any atom is 0.197 e. The van der Waals surface area contributed by atoms with Gasteiger partial charge < -0.3 is 0 Å². The van der Waals surface area contributed by atoms with Crippen LogP contribution in [0.15, 0.2) is 23.1 Å². The number of ketones is 1. The van der Waals surface area contributed by atoms with Gasteiger partial charge in [0.2, 0.25) is 0 Å². The van der Waals surface area contributed by atoms with Crippen molar-refractivity contribution in [2.24, 2.45) is 0 Å². The van der Waals surface area contributed by atoms with E-state index < -0.39 is 10.9 Å². The first-order valence-corrected chi connectivity index (χ1v) is 5.05. The largest absolute Gasteiger partial charge is 0.288 e. The number of hydrogen-bond donors (Lipinski definition) is 0. The average molecular weight is 230 g/mol. The summed E-state index contributed by atoms with van der Waals surface area (Å²) in [7, 11) is 0. The molecule has 5 heteroatoms. The standard InChI is InChI=1S/C11H3FN2OS/c1-5-8(6(2-13)3-14)7-4-16-11(12)9(7)10(5)15/h4H,1H2. The first-order valence-electron chi connectivity index (χ1n) is 4.17. The fraction of sp³-hybridized carbons (Fsp3) is 0. The van der Waals surface area contributed by atoms with Crippen LogP contribution in [0.25, 0.3) is 5.57 Å². The Labute approximate surface area is 94.4 Å². The van der Waals surface area contributed by atoms with Crippen LogP contribution in [-0.2, 0) is 0 Å². The van der Waals surface area contributed by atoms with Crippen LogP contribution in [0.1, 0.15) is 15.9 Å². The number of nitrogens with zero attached hydrogens (tertiary/aromatic N) is 2. The maximum absolute atomic E-state index is 13.3. The minimum Gasteiger partial charge on any atom is -0.288 e. The Morgan fingerprint density at radius 1 is 1.44 bits per heavy atom. The van der Waals surface area contributed by atoms with E-state index in [4.69, 9.17) is 10.5 Å². The van der Waals surface area contributed by atoms with E-state index in [-0.39, 0.29) is 22.3 Å². The van der Waals surface area contributed by atoms with Crippen LogP contribution in [0, 0.1) is 27.8 Å². The van der Waals surface area contributed by atoms with Gasteiger partial charge >= 0.3 is 0 Å². The van der Waals surface area contributed by atoms with Crippen LogP contribution in [-0.4, -0.2) is 5.78 Å². The summed E-state index contributed by atoms with van der Waals surface area (Å²) in [5.74, 6) is -0.549. The predicted octanol–water partition coefficient (Wildman–Crippen LogP) is 2.44. The second-order valence-electron chi connectivity index (χ2n) is 3.08. The summed E-state index contributed by atoms with van der Waals surface area (Å²) >= 11 is 0.773. The SMILES string of the molecule is C=C1C(=O)c2c(csc2F)C1=C(C#N)C#N. The van der Waals surface area contributed by atoms with Crippen molar-refractivity contribution in [2.45, 2.75) is 0 Å². The molecule has 1 aromatic heterocycles. The minimum atomic E-state index is -0.605. The van der Waals surface area contributed by atoms with Gasteiger partial charge in [-0.15, -0.1) is 11.3 Å². The highest BCUT2D eigenvalue weighted by Crippen LogP contribution is 2.41. The fourth-order valence-corrected chi connectivity index (χ4v) is 2.36. The van der Waals surface area contributed by atoms with Gasteiger partial charge in [0.25, 0.3) is 0 Å². The summed E-state index contributed by atoms with van der Waals surface area (Å²) in [6.45, 7) is 3.49. The van der Waals surface area contributed by atoms with Crippen molar-refractivity contribution in [3.05, 3.63) is 39.4 Å². The zero-order chi connectivity index (χ0) is 11.9. The van der Waals surface area contributed by atoms with E-state index in [1.165, 1.54) is 5.38 Å². The molecule has 0 radical (unpaired) electrons. The number of nitriles is 2. The molecule has 2 rings (SSSR count). The third-order valence-electron chi connectivity index (χ3n) is 2.29. The normalized spacial score (nSPS) is 13.3. The highest BCUT2D eigenvalue weighted by atomic mass is 32.1. The lowest BCUT2D eigenvalue weighted by Gasteiger charge is -1.96. The molecule has 0 saturated carbocycles. The van der Waals surface area contributed by atoms with Crippen molar-refractivity contribution in [2.75, 3.05) is 0 Å². The second-order valence-corrected chi connectivity index (χ2v) is 3.91. The molecule has 76 valence electrons. The average Bonchev–Trinajstić information content (AvgIpc) is 2.75. The first kappa shape index (κ1) is 10.3. The van der Waals surface area contributed by atoms with E-state index in [0.717, 1.165) is 11.3 Å². The molecular formula is C11H3FN2OS. The number of carbonyl (C=O) groups is 1. The maximum atomic E-state index is 13.3. The molecule has 1 aliphatic rings. The highest BCUT2D eigenvalue weighted by Gasteiger charge is 2.35. The highest BCUT2D eigenvalue weighted by molar-refractivity contribution is 7.09. The summed E-state index contributed by atoms with van der Waals surface area (Å²) < 4.78 is 13.3. The topological polar surface area (TPSA) is 64.7 Å². The Hall–Kier alpha value is -2.24. The third kappa shape index (κ3) is 1.13. The van der Waals surface area contributed by atoms with Crippen LogP contribution in [0.2, 0.25) is 0 Å². The monoisotopic (exact) mass is 230 g/mol. The van der Waals surface area contributed by atoms with Gasteiger partial charge in [-0.2, -0.15) is 14.9 Å². The molecule has 0 N–H and O–H groups in total. The van der Waals surface area contributed by atoms with E-state index in [1.807, 2.05) is 0 Å². The summed E-state index contributed by atoms with van der Waals surface area (Å²) in [4.78, 5) is 11.6. The Balaban J connectivity index is 2.84. The minimum absolute atomic E-state index is 0.00907. The summed E-state index contributed by atoms with van der Waals surface area (Å²) in [5, 5.41) is 18.3. The van der Waals surface area contributed by atoms with Gasteiger partial charge in [0.1, 0.15) is 17.7 Å². The summed E-state index contributed by atoms with van der Waals surface area (Å²) in [6.07, 6.45) is 0. The van der Waals surface area contributed by atoms with Crippen molar-refractivity contribution in [1.29, 1.82) is 10.5 Å². The van der Waals surface area contributed by atoms with Gasteiger partial charge in [-0.1, -0.05) is 6.58 Å². The molecule has 1 aliphatic carbocycles. The van der Waals surface area contributed by atoms with Gasteiger partial charge in [0, 0.05) is 22.1 Å². The molecule has 0 spiro atoms. The zero-order valence-electron chi connectivity index (χ0n) is 7.87. The Morgan fingerprint density at radius 3 is 2.62 bits per heavy atom. The van der Waals surface area contributed by atoms with Crippen LogP contribution in [0.3, 0.4) is 0 Å². The molecule has 16 heavy (non-hydrogen) atoms. The lowest BCUT2D eigenvalue weighted by Crippen LogP contribution is -1.95. The second kappa shape index (κ2) is 3.41. The van der Waals surface area contributed by atoms with Crippen LogP contribution in [0.4, 0.5) is 4.39 Å². The van der Waals surface area contributed by atoms with E-state index in [9.17, 15) is 9.18 Å². The van der Waals surface area contributed by atoms with Gasteiger partial charge in [0.05, 0.1) is 5.56 Å². The molecule has 1 aromatic rings. The Morgan fingerprint density at radius 2 is 2.06 bits per heavy atom. The van der Waals surface area contributed by atoms with Crippen LogP contribution < -0.4 is 0 Å². The number of thiophene rings is 1. The summed E-state index contributed by atoms with van der Waals surface area (Å²) in [6, 6.07) is 3.36. The lowest BCUT2D eigenvalue weighted by atomic mass is 10.0. The molecule has 0 unspecified atom stereocenters. The number of halogens is 1. The Bertz CT molecular complexity index is 624. The van der Waals surface area contributed by atoms with Crippen LogP contribution in [0.5, 0.6) is 0 Å². The molecule has 0 fully saturated rings. The van der Waals surface area contributed by atoms with Crippen molar-refractivity contribution < 1.29 is 9.18 Å². The molecule has 0 amide bonds. The van der Waals surface area contributed by atoms with Crippen molar-refractivity contribution >= 4 is 22.7 Å². The third-order valence-corrected chi connectivity index (χ3v) is 3.06. The fourth-order valence-electron chi connectivity index (χ4n) is 1.58. The van der Waals surface area contributed by atoms with Gasteiger partial charge in [-0.3, -0.25) is 4.79 Å². The predicted molar refractivity (Wildman–Crippen MR) is 55.9 cm³/mol. The van der Waals surface area contributed by atoms with E-state index >= 15 is 0 Å². The lowest BCUT2D eigenvalue weighted by molar-refractivity contribution is 0.104. The zero-order valence-corrected chi connectivity index (χ0v) is 8.69. The first-order chi connectivity index (χ1) is 7.61. The number of Topliss-reactive ketones (excluding diaryl/α,β-unsaturated/α-hetero) is 1. The van der Waals surface area contributed by atoms with Gasteiger partial charge in [-0.05, 0) is 0 Å².